The van der Waals surface area contributed by atoms with Crippen LogP contribution in [0.15, 0.2) is 59.5 Å². The number of anilines is 1. The minimum Gasteiger partial charge on any atom is -0.406 e. The molecule has 1 aliphatic rings. The van der Waals surface area contributed by atoms with Gasteiger partial charge in [0.15, 0.2) is 0 Å². The van der Waals surface area contributed by atoms with E-state index in [0.29, 0.717) is 19.3 Å². The standard InChI is InChI=1S/C23H27F3N2O4S/c1-3-7-16-8-4-5-10-20(16)28(2)21-11-6-9-19(22(21)29)27-33(30,31)18-14-12-17(13-15-18)32-23(24,25)26/h3-5,7-8,10,12-15,19,21-22,27,29H,6,9,11H2,1-2H3. The van der Waals surface area contributed by atoms with Crippen molar-refractivity contribution in [2.24, 2.45) is 0 Å². The lowest BCUT2D eigenvalue weighted by Gasteiger charge is -2.41. The number of benzene rings is 2. The highest BCUT2D eigenvalue weighted by Gasteiger charge is 2.37. The van der Waals surface area contributed by atoms with Gasteiger partial charge in [-0.15, -0.1) is 13.2 Å². The van der Waals surface area contributed by atoms with Crippen LogP contribution in [-0.2, 0) is 10.0 Å². The second kappa shape index (κ2) is 10.1. The van der Waals surface area contributed by atoms with Gasteiger partial charge < -0.3 is 14.7 Å². The molecule has 3 rings (SSSR count). The number of nitrogens with one attached hydrogen (secondary N) is 1. The molecule has 1 aliphatic carbocycles. The summed E-state index contributed by atoms with van der Waals surface area (Å²) >= 11 is 0. The number of alkyl halides is 3. The number of halogens is 3. The van der Waals surface area contributed by atoms with Crippen LogP contribution >= 0.6 is 0 Å². The summed E-state index contributed by atoms with van der Waals surface area (Å²) in [4.78, 5) is 1.75. The zero-order valence-corrected chi connectivity index (χ0v) is 19.1. The van der Waals surface area contributed by atoms with Gasteiger partial charge in [0.05, 0.1) is 23.1 Å². The van der Waals surface area contributed by atoms with Crippen LogP contribution in [0.2, 0.25) is 0 Å². The number of aliphatic hydroxyl groups excluding tert-OH is 1. The van der Waals surface area contributed by atoms with E-state index in [2.05, 4.69) is 9.46 Å². The summed E-state index contributed by atoms with van der Waals surface area (Å²) in [6.07, 6.45) is -0.134. The van der Waals surface area contributed by atoms with E-state index < -0.39 is 34.3 Å². The smallest absolute Gasteiger partial charge is 0.406 e. The maximum Gasteiger partial charge on any atom is 0.573 e. The van der Waals surface area contributed by atoms with Crippen molar-refractivity contribution in [1.29, 1.82) is 0 Å². The van der Waals surface area contributed by atoms with E-state index in [0.717, 1.165) is 35.5 Å². The number of ether oxygens (including phenoxy) is 1. The minimum absolute atomic E-state index is 0.210. The highest BCUT2D eigenvalue weighted by Crippen LogP contribution is 2.31. The topological polar surface area (TPSA) is 78.9 Å². The van der Waals surface area contributed by atoms with Crippen LogP contribution in [-0.4, -0.2) is 45.1 Å². The Bertz CT molecular complexity index is 1070. The van der Waals surface area contributed by atoms with Crippen molar-refractivity contribution in [3.8, 4) is 5.75 Å². The van der Waals surface area contributed by atoms with E-state index in [1.165, 1.54) is 0 Å². The lowest BCUT2D eigenvalue weighted by atomic mass is 9.87. The second-order valence-corrected chi connectivity index (χ2v) is 9.62. The fraction of sp³-hybridized carbons (Fsp3) is 0.391. The Kier molecular flexibility index (Phi) is 7.71. The molecule has 3 unspecified atom stereocenters. The number of hydrogen-bond acceptors (Lipinski definition) is 5. The number of likely N-dealkylation sites (N-methyl/N-ethyl adjacent to an activating group) is 1. The molecule has 10 heteroatoms. The molecule has 2 N–H and O–H groups in total. The van der Waals surface area contributed by atoms with Crippen LogP contribution in [0.25, 0.3) is 6.08 Å². The Balaban J connectivity index is 1.75. The molecule has 1 fully saturated rings. The lowest BCUT2D eigenvalue weighted by molar-refractivity contribution is -0.274. The molecule has 0 aromatic heterocycles. The van der Waals surface area contributed by atoms with Crippen molar-refractivity contribution >= 4 is 21.8 Å². The molecule has 0 bridgehead atoms. The van der Waals surface area contributed by atoms with E-state index >= 15 is 0 Å². The first-order valence-electron chi connectivity index (χ1n) is 10.5. The molecule has 33 heavy (non-hydrogen) atoms. The molecule has 1 saturated carbocycles. The Labute approximate surface area is 191 Å². The fourth-order valence-electron chi connectivity index (χ4n) is 4.10. The van der Waals surface area contributed by atoms with E-state index in [1.807, 2.05) is 55.3 Å². The molecule has 3 atom stereocenters. The predicted molar refractivity (Wildman–Crippen MR) is 120 cm³/mol. The van der Waals surface area contributed by atoms with Crippen LogP contribution < -0.4 is 14.4 Å². The SMILES string of the molecule is CC=Cc1ccccc1N(C)C1CCCC(NS(=O)(=O)c2ccc(OC(F)(F)F)cc2)C1O. The predicted octanol–water partition coefficient (Wildman–Crippen LogP) is 4.32. The van der Waals surface area contributed by atoms with Crippen LogP contribution in [0, 0.1) is 0 Å². The summed E-state index contributed by atoms with van der Waals surface area (Å²) in [6, 6.07) is 10.6. The molecule has 6 nitrogen and oxygen atoms in total. The van der Waals surface area contributed by atoms with Crippen molar-refractivity contribution in [2.75, 3.05) is 11.9 Å². The number of rotatable bonds is 7. The molecule has 0 spiro atoms. The molecule has 0 heterocycles. The van der Waals surface area contributed by atoms with Gasteiger partial charge in [0.25, 0.3) is 0 Å². The summed E-state index contributed by atoms with van der Waals surface area (Å²) in [5.74, 6) is -0.513. The van der Waals surface area contributed by atoms with E-state index in [9.17, 15) is 26.7 Å². The normalized spacial score (nSPS) is 21.8. The molecule has 2 aromatic rings. The van der Waals surface area contributed by atoms with Crippen LogP contribution in [0.4, 0.5) is 18.9 Å². The van der Waals surface area contributed by atoms with Crippen molar-refractivity contribution in [1.82, 2.24) is 4.72 Å². The number of hydrogen-bond donors (Lipinski definition) is 2. The molecule has 0 radical (unpaired) electrons. The summed E-state index contributed by atoms with van der Waals surface area (Å²) in [7, 11) is -2.19. The first-order valence-corrected chi connectivity index (χ1v) is 12.0. The van der Waals surface area contributed by atoms with Crippen molar-refractivity contribution in [3.63, 3.8) is 0 Å². The Morgan fingerprint density at radius 2 is 1.79 bits per heavy atom. The average Bonchev–Trinajstić information content (AvgIpc) is 2.74. The minimum atomic E-state index is -4.86. The van der Waals surface area contributed by atoms with Gasteiger partial charge in [-0.2, -0.15) is 0 Å². The summed E-state index contributed by atoms with van der Waals surface area (Å²) in [5, 5.41) is 11.0. The third kappa shape index (κ3) is 6.27. The van der Waals surface area contributed by atoms with Crippen molar-refractivity contribution in [3.05, 3.63) is 60.2 Å². The van der Waals surface area contributed by atoms with E-state index in [-0.39, 0.29) is 10.9 Å². The van der Waals surface area contributed by atoms with Gasteiger partial charge in [-0.3, -0.25) is 0 Å². The highest BCUT2D eigenvalue weighted by atomic mass is 32.2. The largest absolute Gasteiger partial charge is 0.573 e. The number of sulfonamides is 1. The third-order valence-corrected chi connectivity index (χ3v) is 7.16. The number of para-hydroxylation sites is 1. The van der Waals surface area contributed by atoms with Crippen LogP contribution in [0.3, 0.4) is 0 Å². The summed E-state index contributed by atoms with van der Waals surface area (Å²) < 4.78 is 68.9. The van der Waals surface area contributed by atoms with Gasteiger partial charge in [-0.1, -0.05) is 30.4 Å². The van der Waals surface area contributed by atoms with Gasteiger partial charge in [-0.05, 0) is 62.1 Å². The Morgan fingerprint density at radius 1 is 1.12 bits per heavy atom. The van der Waals surface area contributed by atoms with Gasteiger partial charge in [0.2, 0.25) is 10.0 Å². The first kappa shape index (κ1) is 25.1. The third-order valence-electron chi connectivity index (χ3n) is 5.66. The van der Waals surface area contributed by atoms with Crippen LogP contribution in [0.1, 0.15) is 31.7 Å². The zero-order valence-electron chi connectivity index (χ0n) is 18.3. The maximum atomic E-state index is 12.8. The van der Waals surface area contributed by atoms with Gasteiger partial charge >= 0.3 is 6.36 Å². The van der Waals surface area contributed by atoms with Gasteiger partial charge in [0, 0.05) is 12.7 Å². The molecule has 2 aromatic carbocycles. The number of aliphatic hydroxyl groups is 1. The summed E-state index contributed by atoms with van der Waals surface area (Å²) in [5.41, 5.74) is 1.90. The summed E-state index contributed by atoms with van der Waals surface area (Å²) in [6.45, 7) is 1.92. The zero-order chi connectivity index (χ0) is 24.2. The van der Waals surface area contributed by atoms with Gasteiger partial charge in [0.1, 0.15) is 5.75 Å². The van der Waals surface area contributed by atoms with Crippen molar-refractivity contribution in [2.45, 2.75) is 55.6 Å². The molecular weight excluding hydrogens is 457 g/mol. The Morgan fingerprint density at radius 3 is 2.42 bits per heavy atom. The molecule has 0 saturated heterocycles. The first-order chi connectivity index (χ1) is 15.5. The van der Waals surface area contributed by atoms with E-state index in [4.69, 9.17) is 0 Å². The van der Waals surface area contributed by atoms with Gasteiger partial charge in [-0.25, -0.2) is 13.1 Å². The molecular formula is C23H27F3N2O4S. The lowest BCUT2D eigenvalue weighted by Crippen LogP contribution is -2.56. The Hall–Kier alpha value is -2.56. The average molecular weight is 485 g/mol. The maximum absolute atomic E-state index is 12.8. The molecule has 180 valence electrons. The van der Waals surface area contributed by atoms with E-state index in [1.54, 1.807) is 0 Å². The monoisotopic (exact) mass is 484 g/mol. The molecule has 0 aliphatic heterocycles. The highest BCUT2D eigenvalue weighted by molar-refractivity contribution is 7.89. The fourth-order valence-corrected chi connectivity index (χ4v) is 5.39. The second-order valence-electron chi connectivity index (χ2n) is 7.91. The quantitative estimate of drug-likeness (QED) is 0.612. The van der Waals surface area contributed by atoms with Crippen molar-refractivity contribution < 1.29 is 31.4 Å². The number of nitrogens with zero attached hydrogens (tertiary/aromatic N) is 1. The van der Waals surface area contributed by atoms with Crippen LogP contribution in [0.5, 0.6) is 5.75 Å². The number of allylic oxidation sites excluding steroid dienone is 1. The molecule has 0 amide bonds.